The van der Waals surface area contributed by atoms with Crippen molar-refractivity contribution < 1.29 is 14.5 Å². The second-order valence-electron chi connectivity index (χ2n) is 6.91. The number of carbonyl (C=O) groups excluding carboxylic acids is 1. The number of anilines is 1. The first-order valence-electron chi connectivity index (χ1n) is 9.82. The minimum absolute atomic E-state index is 0.0375. The zero-order chi connectivity index (χ0) is 23.1. The molecule has 10 heteroatoms. The van der Waals surface area contributed by atoms with Crippen molar-refractivity contribution in [3.05, 3.63) is 82.7 Å². The zero-order valence-electron chi connectivity index (χ0n) is 17.7. The van der Waals surface area contributed by atoms with E-state index in [1.165, 1.54) is 36.0 Å². The number of amides is 1. The van der Waals surface area contributed by atoms with Gasteiger partial charge < -0.3 is 10.1 Å². The maximum Gasteiger partial charge on any atom is 0.269 e. The number of non-ortho nitro benzene ring substituents is 1. The molecule has 2 aromatic carbocycles. The van der Waals surface area contributed by atoms with Gasteiger partial charge in [0, 0.05) is 24.4 Å². The Bertz CT molecular complexity index is 1110. The van der Waals surface area contributed by atoms with Gasteiger partial charge in [0.2, 0.25) is 5.91 Å². The number of thioether (sulfide) groups is 1. The quantitative estimate of drug-likeness (QED) is 0.207. The van der Waals surface area contributed by atoms with Gasteiger partial charge in [0.05, 0.1) is 10.7 Å². The molecule has 9 nitrogen and oxygen atoms in total. The number of nitrogens with one attached hydrogen (secondary N) is 1. The molecular weight excluding hydrogens is 430 g/mol. The summed E-state index contributed by atoms with van der Waals surface area (Å²) in [7, 11) is 0. The van der Waals surface area contributed by atoms with E-state index < -0.39 is 4.92 Å². The third-order valence-corrected chi connectivity index (χ3v) is 5.48. The number of hydrogen-bond acceptors (Lipinski definition) is 7. The van der Waals surface area contributed by atoms with Crippen LogP contribution in [-0.4, -0.2) is 31.3 Å². The van der Waals surface area contributed by atoms with Crippen LogP contribution in [0.15, 0.2) is 66.3 Å². The van der Waals surface area contributed by atoms with Crippen LogP contribution in [0, 0.1) is 17.0 Å². The minimum Gasteiger partial charge on any atom is -0.482 e. The number of para-hydroxylation sites is 1. The van der Waals surface area contributed by atoms with E-state index in [2.05, 4.69) is 22.1 Å². The van der Waals surface area contributed by atoms with Crippen molar-refractivity contribution in [1.29, 1.82) is 0 Å². The summed E-state index contributed by atoms with van der Waals surface area (Å²) in [6.45, 7) is 8.13. The molecule has 0 bridgehead atoms. The van der Waals surface area contributed by atoms with Crippen LogP contribution in [0.25, 0.3) is 0 Å². The van der Waals surface area contributed by atoms with Crippen molar-refractivity contribution in [2.75, 3.05) is 11.1 Å². The Morgan fingerprint density at radius 3 is 2.66 bits per heavy atom. The topological polar surface area (TPSA) is 112 Å². The number of aryl methyl sites for hydroxylation is 1. The lowest BCUT2D eigenvalue weighted by atomic mass is 10.2. The smallest absolute Gasteiger partial charge is 0.269 e. The molecule has 0 fully saturated rings. The standard InChI is InChI=1S/C22H23N5O4S/c1-4-13-26-21(16(3)31-19-8-6-5-7-15(19)2)24-25-22(26)32-14-20(28)23-17-9-11-18(12-10-17)27(29)30/h4-12,16H,1,13-14H2,2-3H3,(H,23,28). The number of allylic oxidation sites excluding steroid dienone is 1. The van der Waals surface area contributed by atoms with Crippen LogP contribution in [-0.2, 0) is 11.3 Å². The van der Waals surface area contributed by atoms with E-state index in [0.29, 0.717) is 23.2 Å². The number of nitrogens with zero attached hydrogens (tertiary/aromatic N) is 4. The van der Waals surface area contributed by atoms with Gasteiger partial charge in [-0.25, -0.2) is 0 Å². The molecule has 1 N–H and O–H groups in total. The van der Waals surface area contributed by atoms with Crippen molar-refractivity contribution in [3.8, 4) is 5.75 Å². The van der Waals surface area contributed by atoms with Crippen LogP contribution < -0.4 is 10.1 Å². The summed E-state index contributed by atoms with van der Waals surface area (Å²) >= 11 is 1.24. The number of rotatable bonds is 10. The fourth-order valence-electron chi connectivity index (χ4n) is 2.93. The Labute approximate surface area is 189 Å². The molecule has 3 aromatic rings. The van der Waals surface area contributed by atoms with Crippen molar-refractivity contribution in [2.24, 2.45) is 0 Å². The van der Waals surface area contributed by atoms with Gasteiger partial charge in [0.1, 0.15) is 5.75 Å². The number of carbonyl (C=O) groups is 1. The second-order valence-corrected chi connectivity index (χ2v) is 7.85. The van der Waals surface area contributed by atoms with E-state index in [0.717, 1.165) is 11.3 Å². The Kier molecular flexibility index (Phi) is 7.61. The fourth-order valence-corrected chi connectivity index (χ4v) is 3.69. The third kappa shape index (κ3) is 5.73. The Morgan fingerprint density at radius 2 is 2.00 bits per heavy atom. The van der Waals surface area contributed by atoms with E-state index >= 15 is 0 Å². The van der Waals surface area contributed by atoms with Crippen LogP contribution in [0.5, 0.6) is 5.75 Å². The Hall–Kier alpha value is -3.66. The van der Waals surface area contributed by atoms with Gasteiger partial charge in [-0.15, -0.1) is 16.8 Å². The molecule has 0 aliphatic carbocycles. The molecule has 1 amide bonds. The van der Waals surface area contributed by atoms with E-state index in [1.807, 2.05) is 42.7 Å². The Balaban J connectivity index is 1.65. The first-order valence-corrected chi connectivity index (χ1v) is 10.8. The lowest BCUT2D eigenvalue weighted by Gasteiger charge is -2.17. The summed E-state index contributed by atoms with van der Waals surface area (Å²) in [4.78, 5) is 22.6. The molecule has 1 atom stereocenters. The molecule has 166 valence electrons. The number of aromatic nitrogens is 3. The van der Waals surface area contributed by atoms with Crippen LogP contribution in [0.3, 0.4) is 0 Å². The van der Waals surface area contributed by atoms with Crippen molar-refractivity contribution >= 4 is 29.0 Å². The van der Waals surface area contributed by atoms with E-state index in [4.69, 9.17) is 4.74 Å². The fraction of sp³-hybridized carbons (Fsp3) is 0.227. The normalized spacial score (nSPS) is 11.6. The largest absolute Gasteiger partial charge is 0.482 e. The maximum absolute atomic E-state index is 12.3. The van der Waals surface area contributed by atoms with Gasteiger partial charge >= 0.3 is 0 Å². The average molecular weight is 454 g/mol. The molecule has 0 aliphatic rings. The van der Waals surface area contributed by atoms with Gasteiger partial charge in [0.25, 0.3) is 5.69 Å². The maximum atomic E-state index is 12.3. The SMILES string of the molecule is C=CCn1c(SCC(=O)Nc2ccc([N+](=O)[O-])cc2)nnc1C(C)Oc1ccccc1C. The predicted molar refractivity (Wildman–Crippen MR) is 123 cm³/mol. The van der Waals surface area contributed by atoms with Crippen LogP contribution in [0.1, 0.15) is 24.4 Å². The highest BCUT2D eigenvalue weighted by molar-refractivity contribution is 7.99. The minimum atomic E-state index is -0.491. The number of hydrogen-bond donors (Lipinski definition) is 1. The summed E-state index contributed by atoms with van der Waals surface area (Å²) < 4.78 is 7.93. The monoisotopic (exact) mass is 453 g/mol. The molecule has 32 heavy (non-hydrogen) atoms. The van der Waals surface area contributed by atoms with Gasteiger partial charge in [-0.3, -0.25) is 19.5 Å². The molecule has 1 aromatic heterocycles. The summed E-state index contributed by atoms with van der Waals surface area (Å²) in [6.07, 6.45) is 1.38. The molecule has 0 radical (unpaired) electrons. The molecule has 3 rings (SSSR count). The lowest BCUT2D eigenvalue weighted by Crippen LogP contribution is -2.15. The van der Waals surface area contributed by atoms with Crippen molar-refractivity contribution in [3.63, 3.8) is 0 Å². The van der Waals surface area contributed by atoms with Crippen LogP contribution >= 0.6 is 11.8 Å². The lowest BCUT2D eigenvalue weighted by molar-refractivity contribution is -0.384. The molecule has 0 spiro atoms. The number of nitro benzene ring substituents is 1. The van der Waals surface area contributed by atoms with Crippen molar-refractivity contribution in [2.45, 2.75) is 31.7 Å². The highest BCUT2D eigenvalue weighted by atomic mass is 32.2. The van der Waals surface area contributed by atoms with Gasteiger partial charge in [-0.2, -0.15) is 0 Å². The van der Waals surface area contributed by atoms with E-state index in [-0.39, 0.29) is 23.5 Å². The third-order valence-electron chi connectivity index (χ3n) is 4.51. The first-order chi connectivity index (χ1) is 15.4. The van der Waals surface area contributed by atoms with Gasteiger partial charge in [-0.05, 0) is 37.6 Å². The van der Waals surface area contributed by atoms with E-state index in [1.54, 1.807) is 6.08 Å². The van der Waals surface area contributed by atoms with Gasteiger partial charge in [0.15, 0.2) is 17.1 Å². The number of benzene rings is 2. The van der Waals surface area contributed by atoms with Gasteiger partial charge in [-0.1, -0.05) is 36.0 Å². The summed E-state index contributed by atoms with van der Waals surface area (Å²) in [5, 5.41) is 22.5. The predicted octanol–water partition coefficient (Wildman–Crippen LogP) is 4.55. The molecule has 1 heterocycles. The molecule has 0 aliphatic heterocycles. The summed E-state index contributed by atoms with van der Waals surface area (Å²) in [5.74, 6) is 1.23. The Morgan fingerprint density at radius 1 is 1.28 bits per heavy atom. The first kappa shape index (κ1) is 23.0. The van der Waals surface area contributed by atoms with Crippen LogP contribution in [0.4, 0.5) is 11.4 Å². The second kappa shape index (κ2) is 10.6. The average Bonchev–Trinajstić information content (AvgIpc) is 3.17. The molecule has 0 saturated carbocycles. The van der Waals surface area contributed by atoms with Crippen molar-refractivity contribution in [1.82, 2.24) is 14.8 Å². The van der Waals surface area contributed by atoms with Crippen LogP contribution in [0.2, 0.25) is 0 Å². The summed E-state index contributed by atoms with van der Waals surface area (Å²) in [5.41, 5.74) is 1.46. The number of ether oxygens (including phenoxy) is 1. The summed E-state index contributed by atoms with van der Waals surface area (Å²) in [6, 6.07) is 13.4. The molecule has 0 saturated heterocycles. The highest BCUT2D eigenvalue weighted by Crippen LogP contribution is 2.26. The highest BCUT2D eigenvalue weighted by Gasteiger charge is 2.20. The molecule has 1 unspecified atom stereocenters. The number of nitro groups is 1. The zero-order valence-corrected chi connectivity index (χ0v) is 18.5. The molecular formula is C22H23N5O4S. The van der Waals surface area contributed by atoms with E-state index in [9.17, 15) is 14.9 Å².